The van der Waals surface area contributed by atoms with Crippen molar-refractivity contribution in [3.63, 3.8) is 0 Å². The Morgan fingerprint density at radius 3 is 2.48 bits per heavy atom. The van der Waals surface area contributed by atoms with Crippen LogP contribution in [0.1, 0.15) is 36.5 Å². The van der Waals surface area contributed by atoms with Crippen molar-refractivity contribution in [3.05, 3.63) is 65.7 Å². The average Bonchev–Trinajstić information content (AvgIpc) is 2.58. The second-order valence-electron chi connectivity index (χ2n) is 6.80. The number of piperidine rings is 1. The van der Waals surface area contributed by atoms with E-state index >= 15 is 0 Å². The highest BCUT2D eigenvalue weighted by Gasteiger charge is 2.42. The van der Waals surface area contributed by atoms with Crippen molar-refractivity contribution in [1.82, 2.24) is 4.90 Å². The van der Waals surface area contributed by atoms with Crippen LogP contribution in [0.15, 0.2) is 54.6 Å². The minimum absolute atomic E-state index is 0.193. The molecule has 0 radical (unpaired) electrons. The van der Waals surface area contributed by atoms with Gasteiger partial charge in [0.05, 0.1) is 6.10 Å². The largest absolute Gasteiger partial charge is 0.487 e. The van der Waals surface area contributed by atoms with Gasteiger partial charge in [0.25, 0.3) is 0 Å². The highest BCUT2D eigenvalue weighted by molar-refractivity contribution is 5.38. The van der Waals surface area contributed by atoms with Crippen molar-refractivity contribution < 1.29 is 9.84 Å². The van der Waals surface area contributed by atoms with E-state index < -0.39 is 6.10 Å². The van der Waals surface area contributed by atoms with Crippen LogP contribution < -0.4 is 4.74 Å². The fourth-order valence-electron chi connectivity index (χ4n) is 3.85. The number of nitrogens with zero attached hydrogens (tertiary/aromatic N) is 1. The lowest BCUT2D eigenvalue weighted by atomic mass is 9.81. The van der Waals surface area contributed by atoms with Crippen LogP contribution in [0.25, 0.3) is 0 Å². The molecule has 0 aromatic heterocycles. The predicted octanol–water partition coefficient (Wildman–Crippen LogP) is 3.54. The Hall–Kier alpha value is -1.84. The summed E-state index contributed by atoms with van der Waals surface area (Å²) in [7, 11) is 0. The number of para-hydroxylation sites is 1. The molecule has 4 rings (SSSR count). The predicted molar refractivity (Wildman–Crippen MR) is 90.3 cm³/mol. The molecule has 1 atom stereocenters. The first-order chi connectivity index (χ1) is 11.2. The molecule has 1 N–H and O–H groups in total. The van der Waals surface area contributed by atoms with Gasteiger partial charge in [0.2, 0.25) is 0 Å². The molecule has 0 bridgehead atoms. The van der Waals surface area contributed by atoms with E-state index in [-0.39, 0.29) is 5.60 Å². The Morgan fingerprint density at radius 1 is 1.00 bits per heavy atom. The van der Waals surface area contributed by atoms with E-state index in [1.165, 1.54) is 5.56 Å². The topological polar surface area (TPSA) is 32.7 Å². The van der Waals surface area contributed by atoms with Crippen molar-refractivity contribution in [2.24, 2.45) is 0 Å². The molecule has 2 aromatic carbocycles. The van der Waals surface area contributed by atoms with Gasteiger partial charge in [0.15, 0.2) is 0 Å². The molecule has 0 saturated carbocycles. The summed E-state index contributed by atoms with van der Waals surface area (Å²) in [6.07, 6.45) is 2.26. The van der Waals surface area contributed by atoms with Crippen LogP contribution in [0.3, 0.4) is 0 Å². The molecule has 1 spiro atoms. The molecular formula is C20H23NO2. The fourth-order valence-corrected chi connectivity index (χ4v) is 3.85. The molecule has 120 valence electrons. The Bertz CT molecular complexity index is 662. The summed E-state index contributed by atoms with van der Waals surface area (Å²) < 4.78 is 6.34. The third kappa shape index (κ3) is 2.99. The van der Waals surface area contributed by atoms with Gasteiger partial charge in [0.1, 0.15) is 11.4 Å². The van der Waals surface area contributed by atoms with E-state index in [0.717, 1.165) is 43.8 Å². The first-order valence-corrected chi connectivity index (χ1v) is 8.46. The lowest BCUT2D eigenvalue weighted by Gasteiger charge is -2.46. The van der Waals surface area contributed by atoms with Crippen LogP contribution in [0.5, 0.6) is 5.75 Å². The van der Waals surface area contributed by atoms with Crippen LogP contribution in [0.2, 0.25) is 0 Å². The lowest BCUT2D eigenvalue weighted by molar-refractivity contribution is -0.0551. The van der Waals surface area contributed by atoms with E-state index in [2.05, 4.69) is 35.2 Å². The first kappa shape index (κ1) is 14.7. The summed E-state index contributed by atoms with van der Waals surface area (Å²) in [5.41, 5.74) is 2.10. The van der Waals surface area contributed by atoms with Crippen LogP contribution >= 0.6 is 0 Å². The molecule has 1 fully saturated rings. The van der Waals surface area contributed by atoms with Gasteiger partial charge in [-0.3, -0.25) is 4.90 Å². The third-order valence-electron chi connectivity index (χ3n) is 5.19. The summed E-state index contributed by atoms with van der Waals surface area (Å²) in [6.45, 7) is 3.03. The smallest absolute Gasteiger partial charge is 0.125 e. The molecule has 2 aliphatic heterocycles. The number of fused-ring (bicyclic) bond motifs is 1. The molecule has 2 aliphatic rings. The molecule has 23 heavy (non-hydrogen) atoms. The SMILES string of the molecule is O[C@@H]1CC2(CCN(Cc3ccccc3)CC2)Oc2ccccc21. The lowest BCUT2D eigenvalue weighted by Crippen LogP contribution is -2.50. The second-order valence-corrected chi connectivity index (χ2v) is 6.80. The summed E-state index contributed by atoms with van der Waals surface area (Å²) in [4.78, 5) is 2.48. The second kappa shape index (κ2) is 5.99. The summed E-state index contributed by atoms with van der Waals surface area (Å²) >= 11 is 0. The van der Waals surface area contributed by atoms with Crippen LogP contribution in [0.4, 0.5) is 0 Å². The highest BCUT2D eigenvalue weighted by atomic mass is 16.5. The molecule has 1 saturated heterocycles. The zero-order valence-electron chi connectivity index (χ0n) is 13.3. The number of hydrogen-bond acceptors (Lipinski definition) is 3. The van der Waals surface area contributed by atoms with Crippen molar-refractivity contribution in [3.8, 4) is 5.75 Å². The van der Waals surface area contributed by atoms with E-state index in [0.29, 0.717) is 6.42 Å². The van der Waals surface area contributed by atoms with Gasteiger partial charge in [-0.2, -0.15) is 0 Å². The van der Waals surface area contributed by atoms with Crippen LogP contribution in [0, 0.1) is 0 Å². The Labute approximate surface area is 137 Å². The molecular weight excluding hydrogens is 286 g/mol. The highest BCUT2D eigenvalue weighted by Crippen LogP contribution is 2.44. The maximum absolute atomic E-state index is 10.5. The van der Waals surface area contributed by atoms with Crippen LogP contribution in [-0.2, 0) is 6.54 Å². The average molecular weight is 309 g/mol. The minimum Gasteiger partial charge on any atom is -0.487 e. The van der Waals surface area contributed by atoms with Gasteiger partial charge in [-0.05, 0) is 24.5 Å². The molecule has 3 nitrogen and oxygen atoms in total. The Kier molecular flexibility index (Phi) is 3.83. The molecule has 3 heteroatoms. The number of benzene rings is 2. The summed E-state index contributed by atoms with van der Waals surface area (Å²) in [5.74, 6) is 0.864. The van der Waals surface area contributed by atoms with Gasteiger partial charge in [0, 0.05) is 31.6 Å². The number of aliphatic hydroxyl groups excluding tert-OH is 1. The van der Waals surface area contributed by atoms with Crippen molar-refractivity contribution in [2.75, 3.05) is 13.1 Å². The summed E-state index contributed by atoms with van der Waals surface area (Å²) in [6, 6.07) is 18.5. The maximum atomic E-state index is 10.5. The van der Waals surface area contributed by atoms with Crippen LogP contribution in [-0.4, -0.2) is 28.7 Å². The van der Waals surface area contributed by atoms with Gasteiger partial charge in [-0.15, -0.1) is 0 Å². The van der Waals surface area contributed by atoms with E-state index in [4.69, 9.17) is 4.74 Å². The zero-order chi connectivity index (χ0) is 15.7. The van der Waals surface area contributed by atoms with Crippen molar-refractivity contribution in [2.45, 2.75) is 37.5 Å². The van der Waals surface area contributed by atoms with Crippen molar-refractivity contribution >= 4 is 0 Å². The van der Waals surface area contributed by atoms with Gasteiger partial charge < -0.3 is 9.84 Å². The van der Waals surface area contributed by atoms with E-state index in [9.17, 15) is 5.11 Å². The number of ether oxygens (including phenoxy) is 1. The number of likely N-dealkylation sites (tertiary alicyclic amines) is 1. The minimum atomic E-state index is -0.402. The third-order valence-corrected chi connectivity index (χ3v) is 5.19. The molecule has 0 unspecified atom stereocenters. The summed E-state index contributed by atoms with van der Waals surface area (Å²) in [5, 5.41) is 10.5. The quantitative estimate of drug-likeness (QED) is 0.921. The monoisotopic (exact) mass is 309 g/mol. The first-order valence-electron chi connectivity index (χ1n) is 8.46. The number of aliphatic hydroxyl groups is 1. The molecule has 0 aliphatic carbocycles. The van der Waals surface area contributed by atoms with Crippen molar-refractivity contribution in [1.29, 1.82) is 0 Å². The fraction of sp³-hybridized carbons (Fsp3) is 0.400. The normalized spacial score (nSPS) is 23.3. The van der Waals surface area contributed by atoms with Gasteiger partial charge in [-0.1, -0.05) is 48.5 Å². The van der Waals surface area contributed by atoms with E-state index in [1.54, 1.807) is 0 Å². The standard InChI is InChI=1S/C20H23NO2/c22-18-14-20(23-19-9-5-4-8-17(18)19)10-12-21(13-11-20)15-16-6-2-1-3-7-16/h1-9,18,22H,10-15H2/t18-/m1/s1. The molecule has 2 heterocycles. The number of rotatable bonds is 2. The zero-order valence-corrected chi connectivity index (χ0v) is 13.3. The molecule has 2 aromatic rings. The Balaban J connectivity index is 1.43. The van der Waals surface area contributed by atoms with E-state index in [1.807, 2.05) is 24.3 Å². The Morgan fingerprint density at radius 2 is 1.70 bits per heavy atom. The number of hydrogen-bond donors (Lipinski definition) is 1. The van der Waals surface area contributed by atoms with Gasteiger partial charge in [-0.25, -0.2) is 0 Å². The molecule has 0 amide bonds. The maximum Gasteiger partial charge on any atom is 0.125 e. The van der Waals surface area contributed by atoms with Gasteiger partial charge >= 0.3 is 0 Å².